The Labute approximate surface area is 167 Å². The van der Waals surface area contributed by atoms with Crippen molar-refractivity contribution in [3.05, 3.63) is 50.1 Å². The number of aromatic nitrogens is 4. The molecule has 4 rings (SSSR count). The van der Waals surface area contributed by atoms with Crippen LogP contribution in [0.2, 0.25) is 5.02 Å². The summed E-state index contributed by atoms with van der Waals surface area (Å²) in [7, 11) is 1.67. The largest absolute Gasteiger partial charge is 0.332 e. The van der Waals surface area contributed by atoms with E-state index in [0.717, 1.165) is 12.2 Å². The summed E-state index contributed by atoms with van der Waals surface area (Å²) in [5.41, 5.74) is 1.22. The lowest BCUT2D eigenvalue weighted by atomic mass is 10.1. The molecule has 7 nitrogen and oxygen atoms in total. The smallest absolute Gasteiger partial charge is 0.312 e. The summed E-state index contributed by atoms with van der Waals surface area (Å²) >= 11 is 6.19. The molecular formula is C20H24ClN5O2. The Morgan fingerprint density at radius 2 is 2.00 bits per heavy atom. The first-order valence-electron chi connectivity index (χ1n) is 9.51. The molecule has 3 heterocycles. The Hall–Kier alpha value is -2.54. The maximum absolute atomic E-state index is 13.2. The van der Waals surface area contributed by atoms with Gasteiger partial charge in [0.25, 0.3) is 5.56 Å². The van der Waals surface area contributed by atoms with Crippen LogP contribution >= 0.6 is 11.6 Å². The van der Waals surface area contributed by atoms with Crippen LogP contribution in [0.15, 0.2) is 33.9 Å². The van der Waals surface area contributed by atoms with Crippen molar-refractivity contribution < 1.29 is 0 Å². The average Bonchev–Trinajstić information content (AvgIpc) is 3.02. The molecule has 8 heteroatoms. The molecule has 0 fully saturated rings. The van der Waals surface area contributed by atoms with Crippen LogP contribution in [0.25, 0.3) is 11.2 Å². The zero-order valence-corrected chi connectivity index (χ0v) is 17.3. The molecule has 1 aromatic carbocycles. The van der Waals surface area contributed by atoms with Crippen molar-refractivity contribution in [2.24, 2.45) is 18.9 Å². The Morgan fingerprint density at radius 3 is 2.68 bits per heavy atom. The molecule has 0 N–H and O–H groups in total. The molecule has 1 aliphatic rings. The molecule has 1 atom stereocenters. The minimum atomic E-state index is -0.330. The van der Waals surface area contributed by atoms with Crippen molar-refractivity contribution in [1.29, 1.82) is 0 Å². The normalized spacial score (nSPS) is 16.8. The monoisotopic (exact) mass is 401 g/mol. The van der Waals surface area contributed by atoms with Crippen LogP contribution in [-0.2, 0) is 20.1 Å². The van der Waals surface area contributed by atoms with E-state index in [4.69, 9.17) is 16.6 Å². The topological polar surface area (TPSA) is 65.1 Å². The van der Waals surface area contributed by atoms with Crippen LogP contribution in [0.5, 0.6) is 0 Å². The quantitative estimate of drug-likeness (QED) is 0.676. The van der Waals surface area contributed by atoms with Crippen LogP contribution in [0.1, 0.15) is 20.8 Å². The first kappa shape index (κ1) is 18.8. The van der Waals surface area contributed by atoms with E-state index >= 15 is 0 Å². The van der Waals surface area contributed by atoms with Crippen LogP contribution in [0, 0.1) is 11.8 Å². The van der Waals surface area contributed by atoms with E-state index in [9.17, 15) is 9.59 Å². The zero-order valence-electron chi connectivity index (χ0n) is 16.5. The molecule has 148 valence electrons. The van der Waals surface area contributed by atoms with Crippen molar-refractivity contribution in [3.8, 4) is 0 Å². The summed E-state index contributed by atoms with van der Waals surface area (Å²) in [6.07, 6.45) is 0. The van der Waals surface area contributed by atoms with E-state index in [0.29, 0.717) is 41.1 Å². The molecule has 0 saturated heterocycles. The molecule has 0 bridgehead atoms. The number of fused-ring (bicyclic) bond motifs is 3. The van der Waals surface area contributed by atoms with Crippen molar-refractivity contribution >= 4 is 34.4 Å². The van der Waals surface area contributed by atoms with E-state index < -0.39 is 0 Å². The van der Waals surface area contributed by atoms with Gasteiger partial charge in [-0.1, -0.05) is 38.4 Å². The SMILES string of the molecule is CC(C)Cn1c(=O)c2c(nc3n2C[C@@H](C)CN3c2cccc(Cl)c2)n(C)c1=O. The number of hydrogen-bond acceptors (Lipinski definition) is 4. The number of benzene rings is 1. The summed E-state index contributed by atoms with van der Waals surface area (Å²) in [5, 5.41) is 0.644. The third kappa shape index (κ3) is 2.94. The summed E-state index contributed by atoms with van der Waals surface area (Å²) in [4.78, 5) is 32.8. The predicted molar refractivity (Wildman–Crippen MR) is 112 cm³/mol. The fourth-order valence-corrected chi connectivity index (χ4v) is 4.08. The molecule has 0 unspecified atom stereocenters. The van der Waals surface area contributed by atoms with Gasteiger partial charge in [-0.25, -0.2) is 4.79 Å². The van der Waals surface area contributed by atoms with Crippen LogP contribution in [-0.4, -0.2) is 25.2 Å². The summed E-state index contributed by atoms with van der Waals surface area (Å²) in [5.74, 6) is 1.16. The van der Waals surface area contributed by atoms with Crippen molar-refractivity contribution in [1.82, 2.24) is 18.7 Å². The Balaban J connectivity index is 2.01. The van der Waals surface area contributed by atoms with E-state index in [2.05, 4.69) is 11.8 Å². The average molecular weight is 402 g/mol. The fourth-order valence-electron chi connectivity index (χ4n) is 3.89. The number of imidazole rings is 1. The first-order valence-corrected chi connectivity index (χ1v) is 9.89. The highest BCUT2D eigenvalue weighted by molar-refractivity contribution is 6.30. The lowest BCUT2D eigenvalue weighted by molar-refractivity contribution is 0.454. The lowest BCUT2D eigenvalue weighted by Crippen LogP contribution is -2.41. The minimum Gasteiger partial charge on any atom is -0.312 e. The minimum absolute atomic E-state index is 0.188. The summed E-state index contributed by atoms with van der Waals surface area (Å²) in [6.45, 7) is 7.95. The van der Waals surface area contributed by atoms with Gasteiger partial charge in [0.15, 0.2) is 11.2 Å². The van der Waals surface area contributed by atoms with Gasteiger partial charge in [0.05, 0.1) is 0 Å². The molecule has 1 aliphatic heterocycles. The number of rotatable bonds is 3. The molecular weight excluding hydrogens is 378 g/mol. The maximum Gasteiger partial charge on any atom is 0.332 e. The maximum atomic E-state index is 13.2. The number of halogens is 1. The van der Waals surface area contributed by atoms with Gasteiger partial charge in [-0.3, -0.25) is 13.9 Å². The molecule has 0 spiro atoms. The standard InChI is InChI=1S/C20H24ClN5O2/c1-12(2)9-26-18(27)16-17(23(4)20(26)28)22-19-24(10-13(3)11-25(16)19)15-7-5-6-14(21)8-15/h5-8,12-13H,9-11H2,1-4H3/t13-/m0/s1. The van der Waals surface area contributed by atoms with Gasteiger partial charge in [0, 0.05) is 37.4 Å². The zero-order chi connectivity index (χ0) is 20.2. The van der Waals surface area contributed by atoms with E-state index in [-0.39, 0.29) is 17.2 Å². The summed E-state index contributed by atoms with van der Waals surface area (Å²) in [6, 6.07) is 7.59. The molecule has 0 aliphatic carbocycles. The second kappa shape index (κ2) is 6.81. The van der Waals surface area contributed by atoms with Crippen LogP contribution < -0.4 is 16.1 Å². The van der Waals surface area contributed by atoms with E-state index in [1.54, 1.807) is 7.05 Å². The number of nitrogens with zero attached hydrogens (tertiary/aromatic N) is 5. The third-order valence-corrected chi connectivity index (χ3v) is 5.34. The Morgan fingerprint density at radius 1 is 1.25 bits per heavy atom. The van der Waals surface area contributed by atoms with Gasteiger partial charge in [-0.2, -0.15) is 4.98 Å². The van der Waals surface area contributed by atoms with E-state index in [1.807, 2.05) is 42.7 Å². The molecule has 3 aromatic rings. The van der Waals surface area contributed by atoms with Crippen molar-refractivity contribution in [3.63, 3.8) is 0 Å². The van der Waals surface area contributed by atoms with Gasteiger partial charge >= 0.3 is 5.69 Å². The summed E-state index contributed by atoms with van der Waals surface area (Å²) < 4.78 is 4.75. The van der Waals surface area contributed by atoms with Crippen molar-refractivity contribution in [2.75, 3.05) is 11.4 Å². The fraction of sp³-hybridized carbons (Fsp3) is 0.450. The highest BCUT2D eigenvalue weighted by Gasteiger charge is 2.29. The van der Waals surface area contributed by atoms with Gasteiger partial charge in [0.1, 0.15) is 0 Å². The molecule has 0 amide bonds. The molecule has 28 heavy (non-hydrogen) atoms. The molecule has 0 saturated carbocycles. The first-order chi connectivity index (χ1) is 13.3. The Kier molecular flexibility index (Phi) is 4.57. The molecule has 2 aromatic heterocycles. The van der Waals surface area contributed by atoms with Gasteiger partial charge in [-0.05, 0) is 30.0 Å². The second-order valence-electron chi connectivity index (χ2n) is 8.04. The van der Waals surface area contributed by atoms with Gasteiger partial charge in [0.2, 0.25) is 5.95 Å². The highest BCUT2D eigenvalue weighted by Crippen LogP contribution is 2.33. The second-order valence-corrected chi connectivity index (χ2v) is 8.48. The van der Waals surface area contributed by atoms with Gasteiger partial charge < -0.3 is 9.47 Å². The van der Waals surface area contributed by atoms with Gasteiger partial charge in [-0.15, -0.1) is 0 Å². The third-order valence-electron chi connectivity index (χ3n) is 5.11. The van der Waals surface area contributed by atoms with E-state index in [1.165, 1.54) is 9.13 Å². The number of anilines is 2. The molecule has 0 radical (unpaired) electrons. The number of aryl methyl sites for hydroxylation is 1. The van der Waals surface area contributed by atoms with Crippen LogP contribution in [0.3, 0.4) is 0 Å². The predicted octanol–water partition coefficient (Wildman–Crippen LogP) is 2.99. The van der Waals surface area contributed by atoms with Crippen LogP contribution in [0.4, 0.5) is 11.6 Å². The Bertz CT molecular complexity index is 1170. The highest BCUT2D eigenvalue weighted by atomic mass is 35.5. The number of hydrogen-bond donors (Lipinski definition) is 0. The van der Waals surface area contributed by atoms with Crippen molar-refractivity contribution in [2.45, 2.75) is 33.9 Å². The lowest BCUT2D eigenvalue weighted by Gasteiger charge is -2.33.